The molecule has 1 aliphatic rings. The van der Waals surface area contributed by atoms with Gasteiger partial charge < -0.3 is 20.1 Å². The van der Waals surface area contributed by atoms with Gasteiger partial charge in [-0.05, 0) is 29.7 Å². The van der Waals surface area contributed by atoms with Crippen molar-refractivity contribution in [3.63, 3.8) is 0 Å². The minimum atomic E-state index is 0. The van der Waals surface area contributed by atoms with Gasteiger partial charge in [0.2, 0.25) is 5.91 Å². The monoisotopic (exact) mass is 560 g/mol. The molecule has 0 saturated carbocycles. The van der Waals surface area contributed by atoms with Gasteiger partial charge in [-0.15, -0.1) is 24.0 Å². The lowest BCUT2D eigenvalue weighted by Crippen LogP contribution is -2.45. The van der Waals surface area contributed by atoms with Crippen molar-refractivity contribution >= 4 is 46.9 Å². The van der Waals surface area contributed by atoms with Crippen LogP contribution in [0, 0.1) is 5.92 Å². The molecule has 3 aromatic rings. The number of carbonyl (C=O) groups excluding carboxylic acids is 1. The third kappa shape index (κ3) is 6.25. The van der Waals surface area contributed by atoms with Crippen LogP contribution < -0.4 is 10.6 Å². The summed E-state index contributed by atoms with van der Waals surface area (Å²) in [5, 5.41) is 6.84. The average molecular weight is 560 g/mol. The Hall–Kier alpha value is -2.62. The van der Waals surface area contributed by atoms with Gasteiger partial charge in [-0.25, -0.2) is 4.98 Å². The highest BCUT2D eigenvalue weighted by molar-refractivity contribution is 14.0. The normalized spacial score (nSPS) is 16.2. The fourth-order valence-corrected chi connectivity index (χ4v) is 4.11. The van der Waals surface area contributed by atoms with Crippen molar-refractivity contribution < 1.29 is 4.79 Å². The van der Waals surface area contributed by atoms with Crippen molar-refractivity contribution in [1.29, 1.82) is 0 Å². The van der Waals surface area contributed by atoms with Gasteiger partial charge in [0.1, 0.15) is 0 Å². The smallest absolute Gasteiger partial charge is 0.225 e. The summed E-state index contributed by atoms with van der Waals surface area (Å²) < 4.78 is 2.17. The van der Waals surface area contributed by atoms with E-state index in [2.05, 4.69) is 55.5 Å². The Morgan fingerprint density at radius 1 is 1.15 bits per heavy atom. The highest BCUT2D eigenvalue weighted by atomic mass is 127. The molecule has 1 fully saturated rings. The molecule has 2 aromatic carbocycles. The second-order valence-electron chi connectivity index (χ2n) is 8.67. The number of imidazole rings is 1. The number of hydrogen-bond acceptors (Lipinski definition) is 3. The van der Waals surface area contributed by atoms with Crippen molar-refractivity contribution in [2.75, 3.05) is 20.1 Å². The highest BCUT2D eigenvalue weighted by Gasteiger charge is 2.27. The van der Waals surface area contributed by atoms with Gasteiger partial charge in [0, 0.05) is 45.2 Å². The van der Waals surface area contributed by atoms with Crippen LogP contribution in [0.15, 0.2) is 59.9 Å². The lowest BCUT2D eigenvalue weighted by atomic mass is 10.1. The number of carbonyl (C=O) groups is 1. The van der Waals surface area contributed by atoms with Crippen LogP contribution in [0.5, 0.6) is 0 Å². The van der Waals surface area contributed by atoms with E-state index in [1.165, 1.54) is 11.1 Å². The number of amides is 1. The Labute approximate surface area is 212 Å². The van der Waals surface area contributed by atoms with E-state index >= 15 is 0 Å². The largest absolute Gasteiger partial charge is 0.352 e. The van der Waals surface area contributed by atoms with E-state index in [9.17, 15) is 4.79 Å². The number of guanidine groups is 1. The Balaban J connectivity index is 0.00000306. The van der Waals surface area contributed by atoms with Gasteiger partial charge in [0.05, 0.1) is 17.4 Å². The van der Waals surface area contributed by atoms with Gasteiger partial charge >= 0.3 is 0 Å². The summed E-state index contributed by atoms with van der Waals surface area (Å²) >= 11 is 0. The van der Waals surface area contributed by atoms with Crippen molar-refractivity contribution in [3.8, 4) is 0 Å². The molecule has 4 rings (SSSR count). The fourth-order valence-electron chi connectivity index (χ4n) is 4.11. The summed E-state index contributed by atoms with van der Waals surface area (Å²) in [6.45, 7) is 6.92. The molecule has 1 aromatic heterocycles. The van der Waals surface area contributed by atoms with Gasteiger partial charge in [0.15, 0.2) is 5.96 Å². The number of rotatable bonds is 6. The number of aromatic nitrogens is 2. The van der Waals surface area contributed by atoms with Crippen LogP contribution in [-0.4, -0.2) is 52.5 Å². The predicted molar refractivity (Wildman–Crippen MR) is 144 cm³/mol. The third-order valence-corrected chi connectivity index (χ3v) is 5.92. The van der Waals surface area contributed by atoms with Gasteiger partial charge in [0.25, 0.3) is 0 Å². The topological polar surface area (TPSA) is 74.6 Å². The molecule has 0 radical (unpaired) electrons. The maximum atomic E-state index is 12.2. The molecule has 0 bridgehead atoms. The molecule has 2 heterocycles. The van der Waals surface area contributed by atoms with Crippen molar-refractivity contribution in [2.24, 2.45) is 10.9 Å². The fraction of sp³-hybridized carbons (Fsp3) is 0.400. The second-order valence-corrected chi connectivity index (χ2v) is 8.67. The number of para-hydroxylation sites is 2. The number of fused-ring (bicyclic) bond motifs is 1. The van der Waals surface area contributed by atoms with Crippen LogP contribution in [-0.2, 0) is 17.9 Å². The van der Waals surface area contributed by atoms with E-state index in [0.717, 1.165) is 43.0 Å². The Morgan fingerprint density at radius 2 is 1.88 bits per heavy atom. The first-order chi connectivity index (χ1) is 15.5. The van der Waals surface area contributed by atoms with Gasteiger partial charge in [-0.3, -0.25) is 9.79 Å². The average Bonchev–Trinajstić information content (AvgIpc) is 3.44. The van der Waals surface area contributed by atoms with Crippen molar-refractivity contribution in [1.82, 2.24) is 25.1 Å². The second kappa shape index (κ2) is 11.5. The highest BCUT2D eigenvalue weighted by Crippen LogP contribution is 2.15. The molecule has 1 saturated heterocycles. The van der Waals surface area contributed by atoms with Gasteiger partial charge in [-0.2, -0.15) is 0 Å². The van der Waals surface area contributed by atoms with E-state index in [1.807, 2.05) is 43.3 Å². The molecular weight excluding hydrogens is 527 g/mol. The molecule has 1 amide bonds. The third-order valence-electron chi connectivity index (χ3n) is 5.92. The number of benzene rings is 2. The zero-order valence-corrected chi connectivity index (χ0v) is 21.8. The molecule has 1 atom stereocenters. The zero-order chi connectivity index (χ0) is 22.5. The van der Waals surface area contributed by atoms with Crippen LogP contribution in [0.4, 0.5) is 0 Å². The van der Waals surface area contributed by atoms with Gasteiger partial charge in [-0.1, -0.05) is 50.2 Å². The van der Waals surface area contributed by atoms with Crippen molar-refractivity contribution in [2.45, 2.75) is 39.4 Å². The van der Waals surface area contributed by atoms with E-state index in [4.69, 9.17) is 0 Å². The quantitative estimate of drug-likeness (QED) is 0.275. The van der Waals surface area contributed by atoms with Crippen LogP contribution in [0.1, 0.15) is 31.4 Å². The molecular formula is C25H33IN6O. The number of halogens is 1. The Bertz CT molecular complexity index is 1090. The molecule has 0 spiro atoms. The molecule has 0 aliphatic carbocycles. The number of likely N-dealkylation sites (tertiary alicyclic amines) is 1. The van der Waals surface area contributed by atoms with Crippen LogP contribution >= 0.6 is 24.0 Å². The lowest BCUT2D eigenvalue weighted by molar-refractivity contribution is -0.133. The summed E-state index contributed by atoms with van der Waals surface area (Å²) in [7, 11) is 1.78. The molecule has 2 N–H and O–H groups in total. The number of nitrogens with one attached hydrogen (secondary N) is 2. The van der Waals surface area contributed by atoms with E-state index in [-0.39, 0.29) is 41.8 Å². The van der Waals surface area contributed by atoms with Crippen LogP contribution in [0.2, 0.25) is 0 Å². The van der Waals surface area contributed by atoms with E-state index in [0.29, 0.717) is 6.54 Å². The summed E-state index contributed by atoms with van der Waals surface area (Å²) in [6, 6.07) is 17.0. The lowest BCUT2D eigenvalue weighted by Gasteiger charge is -2.20. The first kappa shape index (κ1) is 25.0. The molecule has 33 heavy (non-hydrogen) atoms. The maximum Gasteiger partial charge on any atom is 0.225 e. The molecule has 8 heteroatoms. The maximum absolute atomic E-state index is 12.2. The minimum absolute atomic E-state index is 0. The standard InChI is InChI=1S/C25H32N6O.HI/c1-18(2)24(32)30-13-12-21(16-30)29-25(26-3)27-14-19-8-10-20(11-9-19)15-31-17-28-22-6-4-5-7-23(22)31;/h4-11,17-18,21H,12-16H2,1-3H3,(H2,26,27,29);1H. The van der Waals surface area contributed by atoms with Crippen LogP contribution in [0.25, 0.3) is 11.0 Å². The number of aliphatic imine (C=N–C) groups is 1. The number of hydrogen-bond donors (Lipinski definition) is 2. The summed E-state index contributed by atoms with van der Waals surface area (Å²) in [4.78, 5) is 23.0. The zero-order valence-electron chi connectivity index (χ0n) is 19.5. The summed E-state index contributed by atoms with van der Waals surface area (Å²) in [5.41, 5.74) is 4.59. The Morgan fingerprint density at radius 3 is 2.61 bits per heavy atom. The van der Waals surface area contributed by atoms with Crippen LogP contribution in [0.3, 0.4) is 0 Å². The van der Waals surface area contributed by atoms with E-state index < -0.39 is 0 Å². The predicted octanol–water partition coefficient (Wildman–Crippen LogP) is 3.62. The molecule has 176 valence electrons. The minimum Gasteiger partial charge on any atom is -0.352 e. The molecule has 1 unspecified atom stereocenters. The summed E-state index contributed by atoms with van der Waals surface area (Å²) in [6.07, 6.45) is 2.84. The number of nitrogens with zero attached hydrogens (tertiary/aromatic N) is 4. The first-order valence-electron chi connectivity index (χ1n) is 11.3. The Kier molecular flexibility index (Phi) is 8.71. The first-order valence-corrected chi connectivity index (χ1v) is 11.3. The SMILES string of the molecule is CN=C(NCc1ccc(Cn2cnc3ccccc32)cc1)NC1CCN(C(=O)C(C)C)C1.I. The summed E-state index contributed by atoms with van der Waals surface area (Å²) in [5.74, 6) is 1.03. The molecule has 7 nitrogen and oxygen atoms in total. The molecule has 1 aliphatic heterocycles. The van der Waals surface area contributed by atoms with Crippen molar-refractivity contribution in [3.05, 3.63) is 66.0 Å². The van der Waals surface area contributed by atoms with E-state index in [1.54, 1.807) is 7.05 Å².